The largest absolute Gasteiger partial charge is 0.298 e. The Kier molecular flexibility index (Phi) is 2.90. The third-order valence-electron chi connectivity index (χ3n) is 3.73. The average molecular weight is 264 g/mol. The van der Waals surface area contributed by atoms with E-state index >= 15 is 0 Å². The van der Waals surface area contributed by atoms with Crippen LogP contribution in [-0.4, -0.2) is 15.8 Å². The fraction of sp³-hybridized carbons (Fsp3) is 0.176. The van der Waals surface area contributed by atoms with E-state index in [1.165, 1.54) is 11.1 Å². The van der Waals surface area contributed by atoms with Crippen LogP contribution in [0.15, 0.2) is 36.7 Å². The zero-order chi connectivity index (χ0) is 14.3. The number of carbonyl (C=O) groups is 1. The first-order chi connectivity index (χ1) is 9.60. The van der Waals surface area contributed by atoms with Gasteiger partial charge in [-0.1, -0.05) is 11.6 Å². The Morgan fingerprint density at radius 3 is 2.55 bits per heavy atom. The molecule has 0 saturated heterocycles. The highest BCUT2D eigenvalue weighted by Gasteiger charge is 2.10. The lowest BCUT2D eigenvalue weighted by atomic mass is 10.1. The molecule has 0 aliphatic carbocycles. The molecule has 0 bridgehead atoms. The van der Waals surface area contributed by atoms with E-state index in [1.54, 1.807) is 6.33 Å². The molecule has 0 unspecified atom stereocenters. The van der Waals surface area contributed by atoms with E-state index in [2.05, 4.69) is 31.0 Å². The highest BCUT2D eigenvalue weighted by atomic mass is 16.1. The van der Waals surface area contributed by atoms with E-state index in [0.29, 0.717) is 5.56 Å². The van der Waals surface area contributed by atoms with E-state index in [4.69, 9.17) is 0 Å². The van der Waals surface area contributed by atoms with E-state index in [-0.39, 0.29) is 0 Å². The van der Waals surface area contributed by atoms with Gasteiger partial charge in [0.25, 0.3) is 0 Å². The summed E-state index contributed by atoms with van der Waals surface area (Å²) in [7, 11) is 0. The minimum atomic E-state index is 0.683. The lowest BCUT2D eigenvalue weighted by molar-refractivity contribution is 0.112. The minimum Gasteiger partial charge on any atom is -0.298 e. The van der Waals surface area contributed by atoms with Crippen LogP contribution < -0.4 is 0 Å². The molecule has 0 spiro atoms. The van der Waals surface area contributed by atoms with Gasteiger partial charge >= 0.3 is 0 Å². The van der Waals surface area contributed by atoms with Gasteiger partial charge in [0.1, 0.15) is 6.33 Å². The molecule has 20 heavy (non-hydrogen) atoms. The van der Waals surface area contributed by atoms with Crippen molar-refractivity contribution in [2.75, 3.05) is 0 Å². The van der Waals surface area contributed by atoms with Gasteiger partial charge in [0.2, 0.25) is 0 Å². The maximum atomic E-state index is 11.3. The number of rotatable bonds is 2. The van der Waals surface area contributed by atoms with Crippen LogP contribution in [0.1, 0.15) is 27.0 Å². The zero-order valence-electron chi connectivity index (χ0n) is 11.8. The van der Waals surface area contributed by atoms with Crippen LogP contribution in [0.4, 0.5) is 0 Å². The van der Waals surface area contributed by atoms with E-state index in [1.807, 2.05) is 29.7 Å². The molecule has 100 valence electrons. The van der Waals surface area contributed by atoms with Gasteiger partial charge in [0, 0.05) is 5.56 Å². The van der Waals surface area contributed by atoms with Gasteiger partial charge in [-0.3, -0.25) is 9.36 Å². The summed E-state index contributed by atoms with van der Waals surface area (Å²) in [5.41, 5.74) is 7.05. The molecule has 2 aromatic carbocycles. The molecule has 0 atom stereocenters. The van der Waals surface area contributed by atoms with Gasteiger partial charge in [-0.05, 0) is 56.2 Å². The second-order valence-corrected chi connectivity index (χ2v) is 5.22. The first-order valence-corrected chi connectivity index (χ1v) is 6.60. The number of fused-ring (bicyclic) bond motifs is 1. The van der Waals surface area contributed by atoms with Crippen LogP contribution >= 0.6 is 0 Å². The van der Waals surface area contributed by atoms with Crippen molar-refractivity contribution >= 4 is 17.3 Å². The first kappa shape index (κ1) is 12.6. The van der Waals surface area contributed by atoms with Crippen molar-refractivity contribution in [3.05, 3.63) is 58.9 Å². The Hall–Kier alpha value is -2.42. The SMILES string of the molecule is Cc1ccc(-n2cnc3cc(C)c(C)cc32)c(C=O)c1. The number of benzene rings is 2. The number of nitrogens with zero attached hydrogens (tertiary/aromatic N) is 2. The highest BCUT2D eigenvalue weighted by Crippen LogP contribution is 2.23. The van der Waals surface area contributed by atoms with E-state index < -0.39 is 0 Å². The molecule has 3 rings (SSSR count). The summed E-state index contributed by atoms with van der Waals surface area (Å²) in [6.07, 6.45) is 2.68. The molecule has 0 radical (unpaired) electrons. The van der Waals surface area contributed by atoms with Crippen molar-refractivity contribution in [3.8, 4) is 5.69 Å². The Balaban J connectivity index is 2.30. The number of hydrogen-bond donors (Lipinski definition) is 0. The molecule has 0 aliphatic heterocycles. The molecular weight excluding hydrogens is 248 g/mol. The van der Waals surface area contributed by atoms with Crippen LogP contribution in [0.3, 0.4) is 0 Å². The molecule has 3 heteroatoms. The number of imidazole rings is 1. The molecule has 0 fully saturated rings. The number of aldehydes is 1. The monoisotopic (exact) mass is 264 g/mol. The van der Waals surface area contributed by atoms with Crippen molar-refractivity contribution < 1.29 is 4.79 Å². The standard InChI is InChI=1S/C17H16N2O/c1-11-4-5-16(14(6-11)9-20)19-10-18-15-7-12(2)13(3)8-17(15)19/h4-10H,1-3H3. The third kappa shape index (κ3) is 1.92. The molecule has 1 aromatic heterocycles. The van der Waals surface area contributed by atoms with E-state index in [0.717, 1.165) is 28.6 Å². The topological polar surface area (TPSA) is 34.9 Å². The summed E-state index contributed by atoms with van der Waals surface area (Å²) in [5, 5.41) is 0. The number of aryl methyl sites for hydroxylation is 3. The van der Waals surface area contributed by atoms with Gasteiger partial charge in [-0.2, -0.15) is 0 Å². The fourth-order valence-electron chi connectivity index (χ4n) is 2.44. The van der Waals surface area contributed by atoms with Crippen LogP contribution in [0.5, 0.6) is 0 Å². The second-order valence-electron chi connectivity index (χ2n) is 5.22. The molecule has 3 aromatic rings. The predicted molar refractivity (Wildman–Crippen MR) is 80.7 cm³/mol. The summed E-state index contributed by atoms with van der Waals surface area (Å²) in [5.74, 6) is 0. The number of hydrogen-bond acceptors (Lipinski definition) is 2. The average Bonchev–Trinajstić information content (AvgIpc) is 2.82. The highest BCUT2D eigenvalue weighted by molar-refractivity contribution is 5.85. The van der Waals surface area contributed by atoms with Gasteiger partial charge < -0.3 is 0 Å². The Morgan fingerprint density at radius 2 is 1.80 bits per heavy atom. The molecule has 0 amide bonds. The van der Waals surface area contributed by atoms with Crippen molar-refractivity contribution in [2.45, 2.75) is 20.8 Å². The first-order valence-electron chi connectivity index (χ1n) is 6.60. The van der Waals surface area contributed by atoms with Crippen LogP contribution in [-0.2, 0) is 0 Å². The van der Waals surface area contributed by atoms with Gasteiger partial charge in [0.05, 0.1) is 16.7 Å². The fourth-order valence-corrected chi connectivity index (χ4v) is 2.44. The van der Waals surface area contributed by atoms with E-state index in [9.17, 15) is 4.79 Å². The normalized spacial score (nSPS) is 10.9. The van der Waals surface area contributed by atoms with Crippen molar-refractivity contribution in [1.29, 1.82) is 0 Å². The Morgan fingerprint density at radius 1 is 1.05 bits per heavy atom. The van der Waals surface area contributed by atoms with Gasteiger partial charge in [-0.25, -0.2) is 4.98 Å². The smallest absolute Gasteiger partial charge is 0.152 e. The van der Waals surface area contributed by atoms with Crippen LogP contribution in [0, 0.1) is 20.8 Å². The zero-order valence-corrected chi connectivity index (χ0v) is 11.8. The number of aromatic nitrogens is 2. The van der Waals surface area contributed by atoms with Crippen LogP contribution in [0.25, 0.3) is 16.7 Å². The summed E-state index contributed by atoms with van der Waals surface area (Å²) in [6, 6.07) is 10.1. The Bertz CT molecular complexity index is 815. The quantitative estimate of drug-likeness (QED) is 0.660. The molecule has 1 heterocycles. The van der Waals surface area contributed by atoms with Crippen LogP contribution in [0.2, 0.25) is 0 Å². The van der Waals surface area contributed by atoms with Gasteiger partial charge in [0.15, 0.2) is 6.29 Å². The molecule has 0 aliphatic rings. The lowest BCUT2D eigenvalue weighted by Gasteiger charge is -2.09. The second kappa shape index (κ2) is 4.60. The number of carbonyl (C=O) groups excluding carboxylic acids is 1. The Labute approximate surface area is 117 Å². The van der Waals surface area contributed by atoms with Crippen molar-refractivity contribution in [3.63, 3.8) is 0 Å². The summed E-state index contributed by atoms with van der Waals surface area (Å²) in [6.45, 7) is 6.15. The molecule has 0 N–H and O–H groups in total. The summed E-state index contributed by atoms with van der Waals surface area (Å²) in [4.78, 5) is 15.7. The maximum Gasteiger partial charge on any atom is 0.152 e. The lowest BCUT2D eigenvalue weighted by Crippen LogP contribution is -1.98. The minimum absolute atomic E-state index is 0.683. The van der Waals surface area contributed by atoms with Gasteiger partial charge in [-0.15, -0.1) is 0 Å². The third-order valence-corrected chi connectivity index (χ3v) is 3.73. The molecular formula is C17H16N2O. The molecule has 3 nitrogen and oxygen atoms in total. The molecule has 0 saturated carbocycles. The summed E-state index contributed by atoms with van der Waals surface area (Å²) >= 11 is 0. The van der Waals surface area contributed by atoms with Crippen molar-refractivity contribution in [1.82, 2.24) is 9.55 Å². The maximum absolute atomic E-state index is 11.3. The summed E-state index contributed by atoms with van der Waals surface area (Å²) < 4.78 is 1.98. The predicted octanol–water partition coefficient (Wildman–Crippen LogP) is 3.76. The van der Waals surface area contributed by atoms with Crippen molar-refractivity contribution in [2.24, 2.45) is 0 Å².